The number of hydrogen-bond donors (Lipinski definition) is 1. The van der Waals surface area contributed by atoms with E-state index in [0.717, 1.165) is 37.3 Å². The molecule has 5 heteroatoms. The maximum absolute atomic E-state index is 11.0. The number of aryl methyl sites for hydroxylation is 1. The Balaban J connectivity index is 1.85. The summed E-state index contributed by atoms with van der Waals surface area (Å²) in [7, 11) is 1.76. The number of carbonyl (C=O) groups is 1. The first-order valence-corrected chi connectivity index (χ1v) is 7.10. The van der Waals surface area contributed by atoms with Gasteiger partial charge >= 0.3 is 5.97 Å². The van der Waals surface area contributed by atoms with Gasteiger partial charge in [-0.1, -0.05) is 24.3 Å². The molecule has 5 nitrogen and oxygen atoms in total. The van der Waals surface area contributed by atoms with Crippen molar-refractivity contribution in [1.29, 1.82) is 0 Å². The zero-order valence-corrected chi connectivity index (χ0v) is 12.0. The molecule has 1 aromatic heterocycles. The lowest BCUT2D eigenvalue weighted by molar-refractivity contribution is 0.0689. The average molecular weight is 286 g/mol. The highest BCUT2D eigenvalue weighted by atomic mass is 16.5. The van der Waals surface area contributed by atoms with Gasteiger partial charge in [0.25, 0.3) is 0 Å². The molecule has 0 spiro atoms. The van der Waals surface area contributed by atoms with Gasteiger partial charge in [0.2, 0.25) is 0 Å². The Morgan fingerprint density at radius 2 is 1.95 bits per heavy atom. The number of carboxylic acids is 1. The van der Waals surface area contributed by atoms with Gasteiger partial charge in [0.15, 0.2) is 5.69 Å². The third-order valence-electron chi connectivity index (χ3n) is 4.00. The summed E-state index contributed by atoms with van der Waals surface area (Å²) < 4.78 is 6.99. The van der Waals surface area contributed by atoms with E-state index in [1.165, 1.54) is 5.56 Å². The van der Waals surface area contributed by atoms with E-state index in [2.05, 4.69) is 17.2 Å². The Morgan fingerprint density at radius 1 is 1.29 bits per heavy atom. The van der Waals surface area contributed by atoms with Crippen LogP contribution in [0.2, 0.25) is 0 Å². The molecule has 1 aliphatic rings. The Labute approximate surface area is 123 Å². The fourth-order valence-corrected chi connectivity index (χ4v) is 2.80. The Morgan fingerprint density at radius 3 is 2.52 bits per heavy atom. The highest BCUT2D eigenvalue weighted by Crippen LogP contribution is 2.29. The fourth-order valence-electron chi connectivity index (χ4n) is 2.80. The van der Waals surface area contributed by atoms with E-state index < -0.39 is 5.97 Å². The number of rotatable bonds is 3. The van der Waals surface area contributed by atoms with E-state index in [9.17, 15) is 4.79 Å². The van der Waals surface area contributed by atoms with Crippen LogP contribution in [-0.2, 0) is 11.8 Å². The topological polar surface area (TPSA) is 64.4 Å². The Kier molecular flexibility index (Phi) is 3.75. The van der Waals surface area contributed by atoms with Crippen molar-refractivity contribution in [2.24, 2.45) is 7.05 Å². The number of aromatic carboxylic acids is 1. The number of carboxylic acid groups (broad SMARTS) is 1. The molecular weight excluding hydrogens is 268 g/mol. The number of nitrogens with zero attached hydrogens (tertiary/aromatic N) is 2. The van der Waals surface area contributed by atoms with Gasteiger partial charge in [-0.15, -0.1) is 0 Å². The molecular formula is C16H18N2O3. The number of aromatic nitrogens is 2. The van der Waals surface area contributed by atoms with Crippen molar-refractivity contribution in [3.63, 3.8) is 0 Å². The molecule has 1 aromatic carbocycles. The normalized spacial score (nSPS) is 16.0. The standard InChI is InChI=1S/C16H18N2O3/c1-18-15(10-14(17-18)16(19)20)13-4-2-11(3-5-13)12-6-8-21-9-7-12/h2-5,10,12H,6-9H2,1H3,(H,19,20). The molecule has 1 aliphatic heterocycles. The maximum Gasteiger partial charge on any atom is 0.356 e. The molecule has 0 aliphatic carbocycles. The predicted molar refractivity (Wildman–Crippen MR) is 78.4 cm³/mol. The van der Waals surface area contributed by atoms with E-state index in [-0.39, 0.29) is 5.69 Å². The highest BCUT2D eigenvalue weighted by molar-refractivity contribution is 5.87. The van der Waals surface area contributed by atoms with Gasteiger partial charge in [0.05, 0.1) is 5.69 Å². The Bertz CT molecular complexity index is 640. The number of benzene rings is 1. The molecule has 2 aromatic rings. The quantitative estimate of drug-likeness (QED) is 0.942. The van der Waals surface area contributed by atoms with Crippen LogP contribution in [0.4, 0.5) is 0 Å². The highest BCUT2D eigenvalue weighted by Gasteiger charge is 2.17. The van der Waals surface area contributed by atoms with Gasteiger partial charge in [-0.25, -0.2) is 4.79 Å². The second-order valence-corrected chi connectivity index (χ2v) is 5.35. The van der Waals surface area contributed by atoms with Crippen LogP contribution in [-0.4, -0.2) is 34.1 Å². The summed E-state index contributed by atoms with van der Waals surface area (Å²) in [6, 6.07) is 9.92. The number of hydrogen-bond acceptors (Lipinski definition) is 3. The lowest BCUT2D eigenvalue weighted by Crippen LogP contribution is -2.13. The summed E-state index contributed by atoms with van der Waals surface area (Å²) in [4.78, 5) is 11.0. The molecule has 0 amide bonds. The van der Waals surface area contributed by atoms with Gasteiger partial charge < -0.3 is 9.84 Å². The molecule has 0 saturated carbocycles. The van der Waals surface area contributed by atoms with Gasteiger partial charge in [-0.2, -0.15) is 5.10 Å². The van der Waals surface area contributed by atoms with Crippen LogP contribution in [0.5, 0.6) is 0 Å². The summed E-state index contributed by atoms with van der Waals surface area (Å²) in [5, 5.41) is 13.0. The van der Waals surface area contributed by atoms with E-state index in [4.69, 9.17) is 9.84 Å². The number of ether oxygens (including phenoxy) is 1. The minimum absolute atomic E-state index is 0.0704. The van der Waals surface area contributed by atoms with Gasteiger partial charge in [0.1, 0.15) is 0 Å². The second-order valence-electron chi connectivity index (χ2n) is 5.35. The summed E-state index contributed by atoms with van der Waals surface area (Å²) in [5.74, 6) is -0.440. The first kappa shape index (κ1) is 13.8. The van der Waals surface area contributed by atoms with Crippen molar-refractivity contribution >= 4 is 5.97 Å². The Hall–Kier alpha value is -2.14. The smallest absolute Gasteiger partial charge is 0.356 e. The largest absolute Gasteiger partial charge is 0.476 e. The summed E-state index contributed by atoms with van der Waals surface area (Å²) in [6.45, 7) is 1.66. The molecule has 0 unspecified atom stereocenters. The molecule has 2 heterocycles. The minimum Gasteiger partial charge on any atom is -0.476 e. The zero-order valence-electron chi connectivity index (χ0n) is 12.0. The third kappa shape index (κ3) is 2.83. The SMILES string of the molecule is Cn1nc(C(=O)O)cc1-c1ccc(C2CCOCC2)cc1. The third-order valence-corrected chi connectivity index (χ3v) is 4.00. The molecule has 1 fully saturated rings. The van der Waals surface area contributed by atoms with Crippen LogP contribution in [0.15, 0.2) is 30.3 Å². The average Bonchev–Trinajstić information content (AvgIpc) is 2.91. The maximum atomic E-state index is 11.0. The van der Waals surface area contributed by atoms with E-state index in [1.807, 2.05) is 12.1 Å². The van der Waals surface area contributed by atoms with Crippen molar-refractivity contribution in [3.8, 4) is 11.3 Å². The van der Waals surface area contributed by atoms with Crippen molar-refractivity contribution in [2.75, 3.05) is 13.2 Å². The van der Waals surface area contributed by atoms with Gasteiger partial charge in [0, 0.05) is 20.3 Å². The summed E-state index contributed by atoms with van der Waals surface area (Å²) in [5.41, 5.74) is 3.18. The van der Waals surface area contributed by atoms with Crippen molar-refractivity contribution in [2.45, 2.75) is 18.8 Å². The van der Waals surface area contributed by atoms with Crippen LogP contribution in [0.3, 0.4) is 0 Å². The molecule has 1 N–H and O–H groups in total. The van der Waals surface area contributed by atoms with Crippen LogP contribution in [0, 0.1) is 0 Å². The lowest BCUT2D eigenvalue weighted by atomic mass is 9.91. The molecule has 110 valence electrons. The first-order valence-electron chi connectivity index (χ1n) is 7.10. The van der Waals surface area contributed by atoms with Crippen molar-refractivity contribution < 1.29 is 14.6 Å². The molecule has 21 heavy (non-hydrogen) atoms. The van der Waals surface area contributed by atoms with E-state index in [0.29, 0.717) is 5.92 Å². The minimum atomic E-state index is -1.00. The van der Waals surface area contributed by atoms with Crippen molar-refractivity contribution in [1.82, 2.24) is 9.78 Å². The molecule has 0 bridgehead atoms. The predicted octanol–water partition coefficient (Wildman–Crippen LogP) is 2.68. The van der Waals surface area contributed by atoms with Crippen LogP contribution in [0.25, 0.3) is 11.3 Å². The summed E-state index contributed by atoms with van der Waals surface area (Å²) in [6.07, 6.45) is 2.13. The molecule has 3 rings (SSSR count). The summed E-state index contributed by atoms with van der Waals surface area (Å²) >= 11 is 0. The molecule has 0 atom stereocenters. The van der Waals surface area contributed by atoms with Gasteiger partial charge in [-0.05, 0) is 36.0 Å². The van der Waals surface area contributed by atoms with Crippen LogP contribution < -0.4 is 0 Å². The van der Waals surface area contributed by atoms with Crippen LogP contribution in [0.1, 0.15) is 34.8 Å². The van der Waals surface area contributed by atoms with E-state index >= 15 is 0 Å². The second kappa shape index (κ2) is 5.69. The molecule has 0 radical (unpaired) electrons. The monoisotopic (exact) mass is 286 g/mol. The van der Waals surface area contributed by atoms with Gasteiger partial charge in [-0.3, -0.25) is 4.68 Å². The first-order chi connectivity index (χ1) is 10.1. The van der Waals surface area contributed by atoms with E-state index in [1.54, 1.807) is 17.8 Å². The van der Waals surface area contributed by atoms with Crippen molar-refractivity contribution in [3.05, 3.63) is 41.6 Å². The lowest BCUT2D eigenvalue weighted by Gasteiger charge is -2.22. The molecule has 1 saturated heterocycles. The zero-order chi connectivity index (χ0) is 14.8. The fraction of sp³-hybridized carbons (Fsp3) is 0.375. The van der Waals surface area contributed by atoms with Crippen LogP contribution >= 0.6 is 0 Å².